The van der Waals surface area contributed by atoms with Crippen molar-refractivity contribution in [2.45, 2.75) is 0 Å². The van der Waals surface area contributed by atoms with Gasteiger partial charge in [0.05, 0.1) is 0 Å². The highest BCUT2D eigenvalue weighted by Crippen LogP contribution is 1.27. The second-order valence-electron chi connectivity index (χ2n) is 0.283. The quantitative estimate of drug-likeness (QED) is 0.325. The van der Waals surface area contributed by atoms with E-state index >= 15 is 0 Å². The second kappa shape index (κ2) is 3.83. The van der Waals surface area contributed by atoms with E-state index in [1.807, 2.05) is 0 Å². The molecule has 0 atom stereocenters. The van der Waals surface area contributed by atoms with Gasteiger partial charge in [0.2, 0.25) is 0 Å². The Balaban J connectivity index is 0. The molecule has 0 saturated heterocycles. The molecule has 0 aromatic heterocycles. The van der Waals surface area contributed by atoms with Crippen LogP contribution in [0.3, 0.4) is 0 Å². The van der Waals surface area contributed by atoms with E-state index in [9.17, 15) is 0 Å². The highest BCUT2D eigenvalue weighted by atomic mass is 28.3. The second-order valence-corrected chi connectivity index (χ2v) is 0.848. The Bertz CT molecular complexity index is 27.9. The molecule has 2 N–H and O–H groups in total. The maximum atomic E-state index is 8.74. The van der Waals surface area contributed by atoms with Gasteiger partial charge in [-0.2, -0.15) is 0 Å². The molecule has 32 valence electrons. The first kappa shape index (κ1) is 8.85. The van der Waals surface area contributed by atoms with E-state index in [1.54, 1.807) is 0 Å². The van der Waals surface area contributed by atoms with Crippen molar-refractivity contribution in [3.63, 3.8) is 0 Å². The molecule has 0 heterocycles. The summed E-state index contributed by atoms with van der Waals surface area (Å²) >= 11 is 0. The maximum Gasteiger partial charge on any atom is 0.761 e. The van der Waals surface area contributed by atoms with E-state index in [1.165, 1.54) is 0 Å². The molecule has 0 unspecified atom stereocenters. The van der Waals surface area contributed by atoms with Crippen LogP contribution < -0.4 is 0 Å². The number of hydrogen-bond donors (Lipinski definition) is 2. The average molecular weight is 110 g/mol. The Morgan fingerprint density at radius 3 is 1.40 bits per heavy atom. The number of rotatable bonds is 0. The van der Waals surface area contributed by atoms with Crippen molar-refractivity contribution in [2.24, 2.45) is 0 Å². The summed E-state index contributed by atoms with van der Waals surface area (Å²) < 4.78 is 8.74. The normalized spacial score (nSPS) is 4.80. The monoisotopic (exact) mass is 110 g/mol. The van der Waals surface area contributed by atoms with Crippen LogP contribution in [0.5, 0.6) is 0 Å². The summed E-state index contributed by atoms with van der Waals surface area (Å²) in [6.45, 7) is 0. The van der Waals surface area contributed by atoms with Crippen LogP contribution in [0.15, 0.2) is 0 Å². The van der Waals surface area contributed by atoms with Crippen molar-refractivity contribution in [2.75, 3.05) is 0 Å². The van der Waals surface area contributed by atoms with Crippen molar-refractivity contribution in [1.82, 2.24) is 0 Å². The third-order valence-electron chi connectivity index (χ3n) is 0. The molecule has 0 bridgehead atoms. The largest absolute Gasteiger partial charge is 0.761 e. The lowest BCUT2D eigenvalue weighted by Crippen LogP contribution is -1.90. The molecule has 0 spiro atoms. The highest BCUT2D eigenvalue weighted by Gasteiger charge is 1.85. The van der Waals surface area contributed by atoms with Crippen LogP contribution >= 0.6 is 0 Å². The molecule has 5 heteroatoms. The van der Waals surface area contributed by atoms with Gasteiger partial charge in [-0.1, -0.05) is 0 Å². The van der Waals surface area contributed by atoms with Gasteiger partial charge in [0.15, 0.2) is 0 Å². The summed E-state index contributed by atoms with van der Waals surface area (Å²) in [6.07, 6.45) is 0. The molecule has 0 aromatic carbocycles. The molecule has 0 fully saturated rings. The van der Waals surface area contributed by atoms with Gasteiger partial charge in [0, 0.05) is 0 Å². The van der Waals surface area contributed by atoms with Crippen LogP contribution in [0, 0.1) is 0 Å². The van der Waals surface area contributed by atoms with Gasteiger partial charge in [-0.05, 0) is 11.0 Å². The zero-order valence-electron chi connectivity index (χ0n) is 1.80. The predicted molar refractivity (Wildman–Crippen MR) is 22.2 cm³/mol. The fraction of sp³-hybridized carbons (Fsp3) is 0. The van der Waals surface area contributed by atoms with Crippen LogP contribution in [0.4, 0.5) is 0 Å². The Labute approximate surface area is 35.2 Å². The van der Waals surface area contributed by atoms with Crippen molar-refractivity contribution < 1.29 is 14.1 Å². The van der Waals surface area contributed by atoms with Crippen LogP contribution in [-0.4, -0.2) is 29.7 Å². The minimum atomic E-state index is -3.13. The topological polar surface area (TPSA) is 57.5 Å². The van der Waals surface area contributed by atoms with Gasteiger partial charge in [0.1, 0.15) is 0 Å². The van der Waals surface area contributed by atoms with E-state index in [0.717, 1.165) is 0 Å². The molecule has 0 aliphatic rings. The molecule has 5 heavy (non-hydrogen) atoms. The molecular formula is H6O3Si2. The molecule has 3 nitrogen and oxygen atoms in total. The molecular weight excluding hydrogens is 104 g/mol. The Kier molecular flexibility index (Phi) is 6.78. The van der Waals surface area contributed by atoms with Crippen LogP contribution in [0.2, 0.25) is 0 Å². The first-order valence-electron chi connectivity index (χ1n) is 0.651. The summed E-state index contributed by atoms with van der Waals surface area (Å²) in [5.74, 6) is 0. The van der Waals surface area contributed by atoms with E-state index in [0.29, 0.717) is 0 Å². The zero-order valence-corrected chi connectivity index (χ0v) is 2.80. The lowest BCUT2D eigenvalue weighted by molar-refractivity contribution is 0.330. The lowest BCUT2D eigenvalue weighted by atomic mass is 15.8. The zero-order chi connectivity index (χ0) is 3.58. The van der Waals surface area contributed by atoms with Crippen molar-refractivity contribution in [3.8, 4) is 0 Å². The first-order chi connectivity index (χ1) is 1.73. The van der Waals surface area contributed by atoms with Gasteiger partial charge in [-0.25, -0.2) is 0 Å². The summed E-state index contributed by atoms with van der Waals surface area (Å²) in [5, 5.41) is 0. The minimum absolute atomic E-state index is 0. The summed E-state index contributed by atoms with van der Waals surface area (Å²) in [4.78, 5) is 14.3. The smallest absolute Gasteiger partial charge is 0.511 e. The Morgan fingerprint density at radius 1 is 1.40 bits per heavy atom. The minimum Gasteiger partial charge on any atom is -0.511 e. The molecule has 0 aliphatic carbocycles. The van der Waals surface area contributed by atoms with Gasteiger partial charge < -0.3 is 9.59 Å². The van der Waals surface area contributed by atoms with Gasteiger partial charge in [0.25, 0.3) is 0 Å². The molecule has 0 rings (SSSR count). The summed E-state index contributed by atoms with van der Waals surface area (Å²) in [7, 11) is -3.13. The number of hydrogen-bond acceptors (Lipinski definition) is 1. The van der Waals surface area contributed by atoms with E-state index in [2.05, 4.69) is 0 Å². The molecule has 0 aliphatic heterocycles. The first-order valence-corrected chi connectivity index (χ1v) is 1.95. The van der Waals surface area contributed by atoms with Crippen molar-refractivity contribution >= 4 is 20.1 Å². The van der Waals surface area contributed by atoms with E-state index < -0.39 is 9.17 Å². The maximum absolute atomic E-state index is 8.74. The van der Waals surface area contributed by atoms with E-state index in [-0.39, 0.29) is 11.0 Å². The van der Waals surface area contributed by atoms with Crippen LogP contribution in [0.1, 0.15) is 0 Å². The van der Waals surface area contributed by atoms with Crippen molar-refractivity contribution in [1.29, 1.82) is 0 Å². The van der Waals surface area contributed by atoms with E-state index in [4.69, 9.17) is 14.1 Å². The third kappa shape index (κ3) is 467. The van der Waals surface area contributed by atoms with Gasteiger partial charge in [-0.15, -0.1) is 0 Å². The lowest BCUT2D eigenvalue weighted by Gasteiger charge is -1.55. The molecule has 0 saturated carbocycles. The van der Waals surface area contributed by atoms with Crippen molar-refractivity contribution in [3.05, 3.63) is 0 Å². The van der Waals surface area contributed by atoms with Gasteiger partial charge in [-0.3, -0.25) is 4.46 Å². The predicted octanol–water partition coefficient (Wildman–Crippen LogP) is -3.07. The fourth-order valence-corrected chi connectivity index (χ4v) is 0. The molecule has 0 radical (unpaired) electrons. The van der Waals surface area contributed by atoms with Crippen LogP contribution in [0.25, 0.3) is 0 Å². The summed E-state index contributed by atoms with van der Waals surface area (Å²) in [6, 6.07) is 0. The third-order valence-corrected chi connectivity index (χ3v) is 0. The Hall–Kier alpha value is -0.166. The SMILES string of the molecule is O=[Si](O)O.[SiH4]. The Morgan fingerprint density at radius 2 is 1.40 bits per heavy atom. The fourth-order valence-electron chi connectivity index (χ4n) is 0. The molecule has 0 amide bonds. The highest BCUT2D eigenvalue weighted by molar-refractivity contribution is 6.22. The standard InChI is InChI=1S/H2O3Si.H4Si/c1-4(2)3;/h1-2H;1H4. The van der Waals surface area contributed by atoms with Gasteiger partial charge >= 0.3 is 9.17 Å². The van der Waals surface area contributed by atoms with Crippen LogP contribution in [-0.2, 0) is 4.46 Å². The average Bonchev–Trinajstić information content (AvgIpc) is 0.811. The molecule has 0 aromatic rings. The summed E-state index contributed by atoms with van der Waals surface area (Å²) in [5.41, 5.74) is 0.